The highest BCUT2D eigenvalue weighted by molar-refractivity contribution is 5.60. The van der Waals surface area contributed by atoms with E-state index in [0.717, 1.165) is 12.8 Å². The third kappa shape index (κ3) is 3.57. The number of nitrogens with two attached hydrogens (primary N) is 2. The van der Waals surface area contributed by atoms with Gasteiger partial charge < -0.3 is 16.2 Å². The molecule has 2 heterocycles. The maximum Gasteiger partial charge on any atom is 0.329 e. The Balaban J connectivity index is 1.80. The lowest BCUT2D eigenvalue weighted by molar-refractivity contribution is 0.151. The summed E-state index contributed by atoms with van der Waals surface area (Å²) in [6.07, 6.45) is 0.304. The van der Waals surface area contributed by atoms with Crippen molar-refractivity contribution in [3.05, 3.63) is 31.4 Å². The third-order valence-electron chi connectivity index (χ3n) is 6.78. The number of likely N-dealkylation sites (tertiary alicyclic amines) is 1. The second-order valence-corrected chi connectivity index (χ2v) is 8.64. The summed E-state index contributed by atoms with van der Waals surface area (Å²) in [7, 11) is 1.37. The van der Waals surface area contributed by atoms with Crippen molar-refractivity contribution in [2.45, 2.75) is 43.6 Å². The predicted molar refractivity (Wildman–Crippen MR) is 109 cm³/mol. The van der Waals surface area contributed by atoms with E-state index >= 15 is 4.39 Å². The van der Waals surface area contributed by atoms with Crippen molar-refractivity contribution in [1.29, 1.82) is 0 Å². The Hall–Kier alpha value is -2.27. The number of alkyl halides is 3. The van der Waals surface area contributed by atoms with E-state index in [-0.39, 0.29) is 34.0 Å². The number of ether oxygens (including phenoxy) is 1. The number of nitrogens with zero attached hydrogens (tertiary/aromatic N) is 2. The van der Waals surface area contributed by atoms with Crippen LogP contribution in [0.3, 0.4) is 0 Å². The largest absolute Gasteiger partial charge is 0.497 e. The fraction of sp³-hybridized carbons (Fsp3) is 0.700. The van der Waals surface area contributed by atoms with Gasteiger partial charge in [-0.15, -0.1) is 0 Å². The Labute approximate surface area is 176 Å². The lowest BCUT2D eigenvalue weighted by Gasteiger charge is -2.35. The summed E-state index contributed by atoms with van der Waals surface area (Å²) < 4.78 is 48.8. The number of hydrogen-bond acceptors (Lipinski definition) is 6. The maximum absolute atomic E-state index is 15.6. The number of fused-ring (bicyclic) bond motifs is 1. The van der Waals surface area contributed by atoms with Crippen LogP contribution in [0.2, 0.25) is 0 Å². The molecule has 1 saturated heterocycles. The van der Waals surface area contributed by atoms with Gasteiger partial charge in [-0.25, -0.2) is 9.18 Å². The van der Waals surface area contributed by atoms with E-state index in [1.807, 2.05) is 0 Å². The van der Waals surface area contributed by atoms with E-state index in [0.29, 0.717) is 19.5 Å². The zero-order valence-corrected chi connectivity index (χ0v) is 17.3. The first-order chi connectivity index (χ1) is 14.8. The molecule has 1 saturated carbocycles. The highest BCUT2D eigenvalue weighted by Crippen LogP contribution is 2.34. The third-order valence-corrected chi connectivity index (χ3v) is 6.78. The minimum absolute atomic E-state index is 0.0746. The molecule has 0 aromatic carbocycles. The molecule has 11 heteroatoms. The smallest absolute Gasteiger partial charge is 0.329 e. The molecule has 31 heavy (non-hydrogen) atoms. The fourth-order valence-corrected chi connectivity index (χ4v) is 4.90. The topological polar surface area (TPSA) is 119 Å². The van der Waals surface area contributed by atoms with Gasteiger partial charge in [-0.2, -0.15) is 0 Å². The van der Waals surface area contributed by atoms with E-state index in [2.05, 4.69) is 4.98 Å². The minimum Gasteiger partial charge on any atom is -0.497 e. The first kappa shape index (κ1) is 21.9. The maximum atomic E-state index is 15.6. The highest BCUT2D eigenvalue weighted by Gasteiger charge is 2.44. The van der Waals surface area contributed by atoms with Crippen LogP contribution in [0.15, 0.2) is 9.59 Å². The van der Waals surface area contributed by atoms with Crippen LogP contribution < -0.4 is 33.3 Å². The molecule has 4 unspecified atom stereocenters. The van der Waals surface area contributed by atoms with E-state index in [9.17, 15) is 18.4 Å². The quantitative estimate of drug-likeness (QED) is 0.478. The van der Waals surface area contributed by atoms with E-state index in [1.165, 1.54) is 11.7 Å². The van der Waals surface area contributed by atoms with E-state index in [1.54, 1.807) is 4.90 Å². The van der Waals surface area contributed by atoms with Crippen molar-refractivity contribution in [3.63, 3.8) is 0 Å². The van der Waals surface area contributed by atoms with Gasteiger partial charge in [-0.3, -0.25) is 28.0 Å². The standard InChI is InChI=1S/C20H28F3N5O3/c1-31-18-16-12(19(29)26-20(30)28(16)11-2-3-11)15(25)13(23)17(18)27-5-4-9(8-27)14(24)10(6-21)7-22/h9-11,13-14,17H,2-8,24-25H2,1H3,(H,26,29,30). The fourth-order valence-electron chi connectivity index (χ4n) is 4.90. The van der Waals surface area contributed by atoms with Gasteiger partial charge in [0.05, 0.1) is 36.7 Å². The van der Waals surface area contributed by atoms with Crippen LogP contribution in [-0.2, 0) is 4.74 Å². The van der Waals surface area contributed by atoms with Crippen LogP contribution in [0.1, 0.15) is 25.3 Å². The van der Waals surface area contributed by atoms with Gasteiger partial charge in [0.1, 0.15) is 11.8 Å². The second kappa shape index (κ2) is 8.34. The van der Waals surface area contributed by atoms with Crippen molar-refractivity contribution < 1.29 is 17.9 Å². The molecule has 0 bridgehead atoms. The summed E-state index contributed by atoms with van der Waals surface area (Å²) in [5.41, 5.74) is 10.6. The number of aromatic nitrogens is 2. The summed E-state index contributed by atoms with van der Waals surface area (Å²) in [4.78, 5) is 29.1. The van der Waals surface area contributed by atoms with Gasteiger partial charge >= 0.3 is 5.69 Å². The van der Waals surface area contributed by atoms with Crippen molar-refractivity contribution in [2.75, 3.05) is 33.5 Å². The van der Waals surface area contributed by atoms with Gasteiger partial charge in [0.25, 0.3) is 5.56 Å². The zero-order chi connectivity index (χ0) is 22.4. The number of methoxy groups -OCH3 is 1. The van der Waals surface area contributed by atoms with Crippen LogP contribution in [0.4, 0.5) is 13.2 Å². The Morgan fingerprint density at radius 2 is 1.90 bits per heavy atom. The number of aromatic amines is 1. The molecule has 8 nitrogen and oxygen atoms in total. The number of H-pyrrole nitrogens is 1. The van der Waals surface area contributed by atoms with Crippen LogP contribution >= 0.6 is 0 Å². The van der Waals surface area contributed by atoms with Gasteiger partial charge in [-0.1, -0.05) is 0 Å². The van der Waals surface area contributed by atoms with Crippen molar-refractivity contribution in [1.82, 2.24) is 14.5 Å². The Morgan fingerprint density at radius 3 is 2.48 bits per heavy atom. The van der Waals surface area contributed by atoms with Crippen LogP contribution in [0, 0.1) is 11.8 Å². The summed E-state index contributed by atoms with van der Waals surface area (Å²) in [5.74, 6) is -0.970. The molecule has 172 valence electrons. The van der Waals surface area contributed by atoms with E-state index < -0.39 is 48.8 Å². The predicted octanol–water partition coefficient (Wildman–Crippen LogP) is -1.38. The Bertz CT molecular complexity index is 1080. The van der Waals surface area contributed by atoms with Crippen molar-refractivity contribution >= 4 is 11.5 Å². The first-order valence-corrected chi connectivity index (χ1v) is 10.5. The molecule has 2 aliphatic carbocycles. The zero-order valence-electron chi connectivity index (χ0n) is 17.3. The molecule has 0 amide bonds. The number of hydrogen-bond donors (Lipinski definition) is 3. The second-order valence-electron chi connectivity index (χ2n) is 8.64. The molecular formula is C20H28F3N5O3. The summed E-state index contributed by atoms with van der Waals surface area (Å²) in [5, 5.41) is 0.141. The van der Waals surface area contributed by atoms with Gasteiger partial charge in [0.15, 0.2) is 6.17 Å². The molecule has 2 fully saturated rings. The molecule has 1 aromatic heterocycles. The number of halogens is 3. The molecule has 0 radical (unpaired) electrons. The average molecular weight is 443 g/mol. The molecule has 0 spiro atoms. The summed E-state index contributed by atoms with van der Waals surface area (Å²) in [6.45, 7) is -0.997. The van der Waals surface area contributed by atoms with Gasteiger partial charge in [0.2, 0.25) is 0 Å². The lowest BCUT2D eigenvalue weighted by Crippen LogP contribution is -2.63. The van der Waals surface area contributed by atoms with Crippen LogP contribution in [-0.4, -0.2) is 66.3 Å². The summed E-state index contributed by atoms with van der Waals surface area (Å²) >= 11 is 0. The molecule has 3 aliphatic rings. The van der Waals surface area contributed by atoms with Crippen molar-refractivity contribution in [3.8, 4) is 0 Å². The highest BCUT2D eigenvalue weighted by atomic mass is 19.1. The number of nitrogens with one attached hydrogen (secondary N) is 1. The molecule has 1 aliphatic heterocycles. The molecule has 5 N–H and O–H groups in total. The normalized spacial score (nSPS) is 27.6. The van der Waals surface area contributed by atoms with Gasteiger partial charge in [-0.05, 0) is 31.7 Å². The SMILES string of the molecule is COC1=c2c(c(=O)[nH]c(=O)n2C2CC2)=C(N)C(F)C1N1CCC(C(N)C(CF)CF)C1. The summed E-state index contributed by atoms with van der Waals surface area (Å²) in [6, 6.07) is -1.77. The van der Waals surface area contributed by atoms with E-state index in [4.69, 9.17) is 16.2 Å². The molecule has 4 rings (SSSR count). The van der Waals surface area contributed by atoms with Crippen LogP contribution in [0.5, 0.6) is 0 Å². The molecular weight excluding hydrogens is 415 g/mol. The first-order valence-electron chi connectivity index (χ1n) is 10.5. The number of rotatable bonds is 7. The molecule has 4 atom stereocenters. The minimum atomic E-state index is -1.75. The average Bonchev–Trinajstić information content (AvgIpc) is 3.46. The van der Waals surface area contributed by atoms with Crippen LogP contribution in [0.25, 0.3) is 11.5 Å². The Kier molecular flexibility index (Phi) is 5.91. The molecule has 1 aromatic rings. The lowest BCUT2D eigenvalue weighted by atomic mass is 9.89. The monoisotopic (exact) mass is 443 g/mol. The van der Waals surface area contributed by atoms with Crippen molar-refractivity contribution in [2.24, 2.45) is 23.3 Å². The van der Waals surface area contributed by atoms with Gasteiger partial charge in [0, 0.05) is 24.5 Å². The Morgan fingerprint density at radius 1 is 1.23 bits per heavy atom.